The van der Waals surface area contributed by atoms with Crippen LogP contribution in [0.25, 0.3) is 0 Å². The molecular weight excluding hydrogens is 486 g/mol. The van der Waals surface area contributed by atoms with Gasteiger partial charge in [-0.25, -0.2) is 0 Å². The molecule has 226 valence electrons. The number of benzene rings is 1. The van der Waals surface area contributed by atoms with E-state index in [1.165, 1.54) is 57.8 Å². The molecule has 1 aromatic carbocycles. The van der Waals surface area contributed by atoms with Gasteiger partial charge in [0, 0.05) is 5.56 Å². The molecule has 0 saturated carbocycles. The Morgan fingerprint density at radius 1 is 0.564 bits per heavy atom. The van der Waals surface area contributed by atoms with E-state index in [-0.39, 0.29) is 0 Å². The van der Waals surface area contributed by atoms with E-state index in [0.717, 1.165) is 56.3 Å². The second-order valence-electron chi connectivity index (χ2n) is 12.5. The van der Waals surface area contributed by atoms with E-state index < -0.39 is 5.91 Å². The van der Waals surface area contributed by atoms with Gasteiger partial charge >= 0.3 is 0 Å². The van der Waals surface area contributed by atoms with E-state index in [2.05, 4.69) is 41.5 Å². The molecule has 0 aliphatic rings. The van der Waals surface area contributed by atoms with E-state index in [1.54, 1.807) is 12.1 Å². The Kier molecular flexibility index (Phi) is 19.7. The smallest absolute Gasteiger partial charge is 0.248 e. The maximum Gasteiger partial charge on any atom is 0.248 e. The predicted octanol–water partition coefficient (Wildman–Crippen LogP) is 9.74. The monoisotopic (exact) mass is 547 g/mol. The Morgan fingerprint density at radius 2 is 0.897 bits per heavy atom. The molecule has 2 N–H and O–H groups in total. The molecular formula is C34H61NO4. The first kappa shape index (κ1) is 35.1. The van der Waals surface area contributed by atoms with Crippen LogP contribution < -0.4 is 19.9 Å². The van der Waals surface area contributed by atoms with Gasteiger partial charge in [-0.15, -0.1) is 0 Å². The molecule has 0 aromatic heterocycles. The van der Waals surface area contributed by atoms with Crippen molar-refractivity contribution >= 4 is 5.91 Å². The van der Waals surface area contributed by atoms with Crippen LogP contribution in [0.5, 0.6) is 17.2 Å². The van der Waals surface area contributed by atoms with Crippen LogP contribution in [0, 0.1) is 17.8 Å². The fourth-order valence-electron chi connectivity index (χ4n) is 4.64. The molecule has 0 radical (unpaired) electrons. The SMILES string of the molecule is CC(C)CCCCCCOc1cc(C(N)=O)cc(OCCCCCCC(C)C)c1OCCCCCCC(C)C. The number of rotatable bonds is 25. The second-order valence-corrected chi connectivity index (χ2v) is 12.5. The van der Waals surface area contributed by atoms with Gasteiger partial charge in [0.2, 0.25) is 11.7 Å². The predicted molar refractivity (Wildman–Crippen MR) is 165 cm³/mol. The molecule has 0 fully saturated rings. The van der Waals surface area contributed by atoms with Crippen molar-refractivity contribution < 1.29 is 19.0 Å². The maximum absolute atomic E-state index is 12.1. The zero-order valence-corrected chi connectivity index (χ0v) is 26.3. The molecule has 0 bridgehead atoms. The highest BCUT2D eigenvalue weighted by atomic mass is 16.5. The number of primary amides is 1. The van der Waals surface area contributed by atoms with Gasteiger partial charge in [-0.05, 0) is 49.1 Å². The number of hydrogen-bond donors (Lipinski definition) is 1. The molecule has 0 unspecified atom stereocenters. The van der Waals surface area contributed by atoms with E-state index in [1.807, 2.05) is 0 Å². The highest BCUT2D eigenvalue weighted by Crippen LogP contribution is 2.39. The minimum atomic E-state index is -0.483. The van der Waals surface area contributed by atoms with Crippen LogP contribution in [0.4, 0.5) is 0 Å². The van der Waals surface area contributed by atoms with Crippen LogP contribution in [-0.2, 0) is 0 Å². The summed E-state index contributed by atoms with van der Waals surface area (Å²) in [5, 5.41) is 0. The second kappa shape index (κ2) is 21.9. The third kappa shape index (κ3) is 18.1. The molecule has 0 spiro atoms. The minimum Gasteiger partial charge on any atom is -0.490 e. The fraction of sp³-hybridized carbons (Fsp3) is 0.794. The summed E-state index contributed by atoms with van der Waals surface area (Å²) in [7, 11) is 0. The van der Waals surface area contributed by atoms with Gasteiger partial charge in [0.1, 0.15) is 0 Å². The molecule has 5 heteroatoms. The summed E-state index contributed by atoms with van der Waals surface area (Å²) >= 11 is 0. The van der Waals surface area contributed by atoms with Crippen molar-refractivity contribution in [2.24, 2.45) is 23.5 Å². The Morgan fingerprint density at radius 3 is 1.23 bits per heavy atom. The summed E-state index contributed by atoms with van der Waals surface area (Å²) in [4.78, 5) is 12.1. The maximum atomic E-state index is 12.1. The van der Waals surface area contributed by atoms with E-state index in [0.29, 0.717) is 42.6 Å². The number of carbonyl (C=O) groups excluding carboxylic acids is 1. The van der Waals surface area contributed by atoms with Crippen LogP contribution in [0.2, 0.25) is 0 Å². The average molecular weight is 548 g/mol. The molecule has 0 aliphatic heterocycles. The number of nitrogens with two attached hydrogens (primary N) is 1. The summed E-state index contributed by atoms with van der Waals surface area (Å²) in [5.74, 6) is 3.54. The lowest BCUT2D eigenvalue weighted by Crippen LogP contribution is -2.13. The molecule has 5 nitrogen and oxygen atoms in total. The molecule has 0 heterocycles. The highest BCUT2D eigenvalue weighted by molar-refractivity contribution is 5.94. The number of hydrogen-bond acceptors (Lipinski definition) is 4. The molecule has 1 rings (SSSR count). The Hall–Kier alpha value is -1.91. The van der Waals surface area contributed by atoms with Gasteiger partial charge in [-0.2, -0.15) is 0 Å². The lowest BCUT2D eigenvalue weighted by molar-refractivity contribution is 0.0999. The first-order valence-electron chi connectivity index (χ1n) is 16.1. The van der Waals surface area contributed by atoms with Crippen molar-refractivity contribution in [1.29, 1.82) is 0 Å². The van der Waals surface area contributed by atoms with Gasteiger partial charge in [-0.3, -0.25) is 4.79 Å². The Balaban J connectivity index is 2.77. The summed E-state index contributed by atoms with van der Waals surface area (Å²) in [6.07, 6.45) is 17.6. The standard InChI is InChI=1S/C34H61NO4/c1-27(2)19-13-7-10-16-22-37-31-25-30(34(35)36)26-32(38-23-17-11-8-14-20-28(3)4)33(31)39-24-18-12-9-15-21-29(5)6/h25-29H,7-24H2,1-6H3,(H2,35,36). The van der Waals surface area contributed by atoms with Crippen molar-refractivity contribution in [3.8, 4) is 17.2 Å². The topological polar surface area (TPSA) is 70.8 Å². The Bertz CT molecular complexity index is 717. The first-order chi connectivity index (χ1) is 18.7. The number of ether oxygens (including phenoxy) is 3. The van der Waals surface area contributed by atoms with Crippen LogP contribution in [0.3, 0.4) is 0 Å². The normalized spacial score (nSPS) is 11.5. The zero-order valence-electron chi connectivity index (χ0n) is 26.3. The largest absolute Gasteiger partial charge is 0.490 e. The van der Waals surface area contributed by atoms with E-state index in [4.69, 9.17) is 19.9 Å². The minimum absolute atomic E-state index is 0.398. The van der Waals surface area contributed by atoms with Crippen LogP contribution in [0.15, 0.2) is 12.1 Å². The van der Waals surface area contributed by atoms with Gasteiger partial charge < -0.3 is 19.9 Å². The summed E-state index contributed by atoms with van der Waals surface area (Å²) in [6.45, 7) is 15.4. The quantitative estimate of drug-likeness (QED) is 0.124. The number of amides is 1. The lowest BCUT2D eigenvalue weighted by atomic mass is 10.0. The van der Waals surface area contributed by atoms with Crippen molar-refractivity contribution in [3.05, 3.63) is 17.7 Å². The van der Waals surface area contributed by atoms with Crippen molar-refractivity contribution in [3.63, 3.8) is 0 Å². The van der Waals surface area contributed by atoms with Crippen LogP contribution in [0.1, 0.15) is 148 Å². The third-order valence-corrected chi connectivity index (χ3v) is 7.09. The number of carbonyl (C=O) groups is 1. The van der Waals surface area contributed by atoms with Crippen molar-refractivity contribution in [2.75, 3.05) is 19.8 Å². The summed E-state index contributed by atoms with van der Waals surface area (Å²) in [5.41, 5.74) is 6.07. The van der Waals surface area contributed by atoms with Crippen molar-refractivity contribution in [2.45, 2.75) is 138 Å². The highest BCUT2D eigenvalue weighted by Gasteiger charge is 2.18. The molecule has 39 heavy (non-hydrogen) atoms. The molecule has 0 saturated heterocycles. The van der Waals surface area contributed by atoms with Gasteiger partial charge in [0.15, 0.2) is 11.5 Å². The average Bonchev–Trinajstić information content (AvgIpc) is 2.87. The lowest BCUT2D eigenvalue weighted by Gasteiger charge is -2.18. The number of unbranched alkanes of at least 4 members (excludes halogenated alkanes) is 9. The van der Waals surface area contributed by atoms with Gasteiger partial charge in [0.25, 0.3) is 0 Å². The zero-order chi connectivity index (χ0) is 28.9. The molecule has 1 aromatic rings. The summed E-state index contributed by atoms with van der Waals surface area (Å²) in [6, 6.07) is 3.44. The van der Waals surface area contributed by atoms with Crippen molar-refractivity contribution in [1.82, 2.24) is 0 Å². The van der Waals surface area contributed by atoms with E-state index in [9.17, 15) is 4.79 Å². The van der Waals surface area contributed by atoms with Crippen LogP contribution in [-0.4, -0.2) is 25.7 Å². The van der Waals surface area contributed by atoms with Gasteiger partial charge in [0.05, 0.1) is 19.8 Å². The molecule has 1 amide bonds. The third-order valence-electron chi connectivity index (χ3n) is 7.09. The molecule has 0 aliphatic carbocycles. The summed E-state index contributed by atoms with van der Waals surface area (Å²) < 4.78 is 18.6. The first-order valence-corrected chi connectivity index (χ1v) is 16.1. The Labute approximate surface area is 240 Å². The molecule has 0 atom stereocenters. The van der Waals surface area contributed by atoms with Gasteiger partial charge in [-0.1, -0.05) is 119 Å². The fourth-order valence-corrected chi connectivity index (χ4v) is 4.64. The van der Waals surface area contributed by atoms with E-state index >= 15 is 0 Å². The van der Waals surface area contributed by atoms with Crippen LogP contribution >= 0.6 is 0 Å².